The van der Waals surface area contributed by atoms with Gasteiger partial charge in [0.2, 0.25) is 10.0 Å². The number of nitrogen functional groups attached to an aromatic ring is 1. The second-order valence-corrected chi connectivity index (χ2v) is 8.91. The number of rotatable bonds is 7. The second-order valence-electron chi connectivity index (χ2n) is 6.05. The molecule has 0 unspecified atom stereocenters. The summed E-state index contributed by atoms with van der Waals surface area (Å²) in [5.41, 5.74) is 5.74. The Morgan fingerprint density at radius 2 is 1.76 bits per heavy atom. The number of aromatic nitrogens is 1. The zero-order valence-corrected chi connectivity index (χ0v) is 15.2. The molecular weight excluding hydrogens is 308 g/mol. The lowest BCUT2D eigenvalue weighted by atomic mass is 9.85. The lowest BCUT2D eigenvalue weighted by Gasteiger charge is -2.25. The fraction of sp³-hybridized carbons (Fsp3) is 0.769. The van der Waals surface area contributed by atoms with Crippen LogP contribution in [0.15, 0.2) is 4.90 Å². The summed E-state index contributed by atoms with van der Waals surface area (Å²) in [7, 11) is -0.615. The molecule has 0 fully saturated rings. The van der Waals surface area contributed by atoms with Crippen molar-refractivity contribution in [2.24, 2.45) is 17.8 Å². The molecule has 0 atom stereocenters. The molecule has 0 radical (unpaired) electrons. The Kier molecular flexibility index (Phi) is 6.01. The van der Waals surface area contributed by atoms with Crippen LogP contribution < -0.4 is 11.1 Å². The quantitative estimate of drug-likeness (QED) is 0.799. The van der Waals surface area contributed by atoms with Gasteiger partial charge < -0.3 is 11.1 Å². The van der Waals surface area contributed by atoms with Crippen molar-refractivity contribution < 1.29 is 8.42 Å². The van der Waals surface area contributed by atoms with Crippen molar-refractivity contribution >= 4 is 32.4 Å². The van der Waals surface area contributed by atoms with Crippen LogP contribution in [0.3, 0.4) is 0 Å². The fourth-order valence-electron chi connectivity index (χ4n) is 2.29. The van der Waals surface area contributed by atoms with Crippen LogP contribution >= 0.6 is 11.5 Å². The van der Waals surface area contributed by atoms with Crippen molar-refractivity contribution in [3.05, 3.63) is 0 Å². The van der Waals surface area contributed by atoms with E-state index in [2.05, 4.69) is 37.4 Å². The molecule has 0 aliphatic rings. The highest BCUT2D eigenvalue weighted by molar-refractivity contribution is 7.89. The van der Waals surface area contributed by atoms with E-state index in [0.29, 0.717) is 29.3 Å². The van der Waals surface area contributed by atoms with Crippen molar-refractivity contribution in [2.75, 3.05) is 31.7 Å². The maximum Gasteiger partial charge on any atom is 0.249 e. The second kappa shape index (κ2) is 6.93. The molecule has 0 saturated carbocycles. The van der Waals surface area contributed by atoms with Crippen LogP contribution in [0.5, 0.6) is 0 Å². The average Bonchev–Trinajstić information content (AvgIpc) is 2.70. The maximum absolute atomic E-state index is 12.3. The summed E-state index contributed by atoms with van der Waals surface area (Å²) in [6, 6.07) is 0. The first kappa shape index (κ1) is 18.2. The zero-order chi connectivity index (χ0) is 16.4. The third-order valence-corrected chi connectivity index (χ3v) is 6.46. The molecule has 1 heterocycles. The minimum atomic E-state index is -3.59. The molecule has 8 heteroatoms. The number of nitrogens with zero attached hydrogens (tertiary/aromatic N) is 2. The zero-order valence-electron chi connectivity index (χ0n) is 13.5. The summed E-state index contributed by atoms with van der Waals surface area (Å²) >= 11 is 1.09. The van der Waals surface area contributed by atoms with Crippen molar-refractivity contribution in [1.82, 2.24) is 8.68 Å². The fourth-order valence-corrected chi connectivity index (χ4v) is 4.37. The number of nitrogens with two attached hydrogens (primary N) is 1. The van der Waals surface area contributed by atoms with E-state index in [-0.39, 0.29) is 10.7 Å². The summed E-state index contributed by atoms with van der Waals surface area (Å²) in [6.45, 7) is 9.39. The number of hydrogen-bond donors (Lipinski definition) is 2. The van der Waals surface area contributed by atoms with Crippen LogP contribution in [-0.2, 0) is 10.0 Å². The van der Waals surface area contributed by atoms with Gasteiger partial charge in [-0.2, -0.15) is 4.37 Å². The Balaban J connectivity index is 3.02. The van der Waals surface area contributed by atoms with E-state index in [1.807, 2.05) is 0 Å². The summed E-state index contributed by atoms with van der Waals surface area (Å²) in [4.78, 5) is 0.0868. The number of nitrogens with one attached hydrogen (secondary N) is 1. The molecule has 0 bridgehead atoms. The summed E-state index contributed by atoms with van der Waals surface area (Å²) < 4.78 is 29.8. The smallest absolute Gasteiger partial charge is 0.249 e. The number of hydrogen-bond acceptors (Lipinski definition) is 6. The van der Waals surface area contributed by atoms with E-state index in [1.165, 1.54) is 14.1 Å². The molecule has 122 valence electrons. The summed E-state index contributed by atoms with van der Waals surface area (Å²) in [5, 5.41) is 3.75. The predicted octanol–water partition coefficient (Wildman–Crippen LogP) is 2.32. The minimum Gasteiger partial charge on any atom is -0.382 e. The Labute approximate surface area is 131 Å². The first-order valence-electron chi connectivity index (χ1n) is 7.00. The van der Waals surface area contributed by atoms with Gasteiger partial charge in [0.05, 0.1) is 0 Å². The van der Waals surface area contributed by atoms with Crippen LogP contribution in [0.1, 0.15) is 27.7 Å². The van der Waals surface area contributed by atoms with E-state index < -0.39 is 10.0 Å². The predicted molar refractivity (Wildman–Crippen MR) is 89.1 cm³/mol. The molecule has 6 nitrogen and oxygen atoms in total. The monoisotopic (exact) mass is 334 g/mol. The lowest BCUT2D eigenvalue weighted by Crippen LogP contribution is -2.26. The third-order valence-electron chi connectivity index (χ3n) is 3.62. The standard InChI is InChI=1S/C13H26N4O2S2/c1-8(2)10(9(3)4)7-15-13-11(12(14)16-20-13)21(18,19)17(5)6/h8-10,15H,7H2,1-6H3,(H2,14,16). The molecule has 1 rings (SSSR count). The lowest BCUT2D eigenvalue weighted by molar-refractivity contribution is 0.304. The van der Waals surface area contributed by atoms with Gasteiger partial charge in [-0.1, -0.05) is 27.7 Å². The molecule has 0 saturated heterocycles. The van der Waals surface area contributed by atoms with Crippen molar-refractivity contribution in [3.8, 4) is 0 Å². The molecule has 0 aliphatic carbocycles. The first-order chi connectivity index (χ1) is 9.59. The Morgan fingerprint density at radius 1 is 1.24 bits per heavy atom. The molecule has 21 heavy (non-hydrogen) atoms. The van der Waals surface area contributed by atoms with Gasteiger partial charge in [0.15, 0.2) is 10.7 Å². The number of sulfonamides is 1. The van der Waals surface area contributed by atoms with E-state index in [9.17, 15) is 8.42 Å². The Morgan fingerprint density at radius 3 is 2.19 bits per heavy atom. The molecule has 0 spiro atoms. The van der Waals surface area contributed by atoms with Crippen molar-refractivity contribution in [3.63, 3.8) is 0 Å². The molecule has 1 aromatic rings. The van der Waals surface area contributed by atoms with E-state index in [0.717, 1.165) is 15.8 Å². The van der Waals surface area contributed by atoms with Crippen LogP contribution in [0.4, 0.5) is 10.8 Å². The van der Waals surface area contributed by atoms with Gasteiger partial charge in [0.25, 0.3) is 0 Å². The van der Waals surface area contributed by atoms with Gasteiger partial charge in [-0.3, -0.25) is 0 Å². The van der Waals surface area contributed by atoms with Gasteiger partial charge in [0.1, 0.15) is 5.00 Å². The maximum atomic E-state index is 12.3. The summed E-state index contributed by atoms with van der Waals surface area (Å²) in [5.74, 6) is 1.53. The van der Waals surface area contributed by atoms with E-state index >= 15 is 0 Å². The highest BCUT2D eigenvalue weighted by Gasteiger charge is 2.28. The van der Waals surface area contributed by atoms with Crippen molar-refractivity contribution in [2.45, 2.75) is 32.6 Å². The molecule has 0 aromatic carbocycles. The van der Waals surface area contributed by atoms with Gasteiger partial charge in [-0.25, -0.2) is 12.7 Å². The van der Waals surface area contributed by atoms with Crippen LogP contribution in [0.25, 0.3) is 0 Å². The topological polar surface area (TPSA) is 88.3 Å². The largest absolute Gasteiger partial charge is 0.382 e. The van der Waals surface area contributed by atoms with Crippen LogP contribution in [0.2, 0.25) is 0 Å². The van der Waals surface area contributed by atoms with Gasteiger partial charge in [0, 0.05) is 20.6 Å². The molecule has 0 aliphatic heterocycles. The highest BCUT2D eigenvalue weighted by Crippen LogP contribution is 2.33. The van der Waals surface area contributed by atoms with E-state index in [1.54, 1.807) is 0 Å². The minimum absolute atomic E-state index is 0.0573. The highest BCUT2D eigenvalue weighted by atomic mass is 32.2. The SMILES string of the molecule is CC(C)C(CNc1snc(N)c1S(=O)(=O)N(C)C)C(C)C. The summed E-state index contributed by atoms with van der Waals surface area (Å²) in [6.07, 6.45) is 0. The van der Waals surface area contributed by atoms with Crippen LogP contribution in [-0.4, -0.2) is 37.7 Å². The van der Waals surface area contributed by atoms with Crippen molar-refractivity contribution in [1.29, 1.82) is 0 Å². The normalized spacial score (nSPS) is 12.9. The molecule has 0 amide bonds. The average molecular weight is 335 g/mol. The Bertz CT molecular complexity index is 557. The van der Waals surface area contributed by atoms with Gasteiger partial charge >= 0.3 is 0 Å². The van der Waals surface area contributed by atoms with Gasteiger partial charge in [-0.15, -0.1) is 0 Å². The molecule has 1 aromatic heterocycles. The van der Waals surface area contributed by atoms with Crippen LogP contribution in [0, 0.1) is 17.8 Å². The molecular formula is C13H26N4O2S2. The van der Waals surface area contributed by atoms with E-state index in [4.69, 9.17) is 5.73 Å². The van der Waals surface area contributed by atoms with Gasteiger partial charge in [-0.05, 0) is 29.3 Å². The molecule has 3 N–H and O–H groups in total. The Hall–Kier alpha value is -0.860. The third kappa shape index (κ3) is 4.08. The number of anilines is 2. The first-order valence-corrected chi connectivity index (χ1v) is 9.21.